The Morgan fingerprint density at radius 1 is 1.17 bits per heavy atom. The largest absolute Gasteiger partial charge is 0.314 e. The third kappa shape index (κ3) is 4.08. The molecule has 0 saturated heterocycles. The lowest BCUT2D eigenvalue weighted by atomic mass is 10.1. The van der Waals surface area contributed by atoms with Gasteiger partial charge in [0.15, 0.2) is 0 Å². The Hall–Kier alpha value is -0.910. The first kappa shape index (κ1) is 15.1. The third-order valence-electron chi connectivity index (χ3n) is 2.67. The van der Waals surface area contributed by atoms with Crippen LogP contribution in [0.25, 0.3) is 0 Å². The van der Waals surface area contributed by atoms with Gasteiger partial charge in [-0.2, -0.15) is 0 Å². The molecule has 0 fully saturated rings. The van der Waals surface area contributed by atoms with Crippen molar-refractivity contribution >= 4 is 10.0 Å². The number of hydrogen-bond acceptors (Lipinski definition) is 3. The van der Waals surface area contributed by atoms with Crippen molar-refractivity contribution in [2.24, 2.45) is 0 Å². The lowest BCUT2D eigenvalue weighted by molar-refractivity contribution is 0.520. The summed E-state index contributed by atoms with van der Waals surface area (Å²) in [6, 6.07) is 7.55. The van der Waals surface area contributed by atoms with Gasteiger partial charge in [0.1, 0.15) is 0 Å². The Kier molecular flexibility index (Phi) is 5.31. The highest BCUT2D eigenvalue weighted by atomic mass is 32.2. The van der Waals surface area contributed by atoms with Crippen LogP contribution in [-0.2, 0) is 16.4 Å². The van der Waals surface area contributed by atoms with Gasteiger partial charge < -0.3 is 5.32 Å². The lowest BCUT2D eigenvalue weighted by Crippen LogP contribution is -2.25. The van der Waals surface area contributed by atoms with Crippen molar-refractivity contribution in [3.05, 3.63) is 29.8 Å². The summed E-state index contributed by atoms with van der Waals surface area (Å²) in [5, 5.41) is 3.33. The van der Waals surface area contributed by atoms with Crippen molar-refractivity contribution in [2.75, 3.05) is 20.6 Å². The minimum absolute atomic E-state index is 0.341. The van der Waals surface area contributed by atoms with Crippen molar-refractivity contribution < 1.29 is 8.42 Å². The molecule has 102 valence electrons. The van der Waals surface area contributed by atoms with Gasteiger partial charge in [0.05, 0.1) is 4.90 Å². The van der Waals surface area contributed by atoms with E-state index in [0.29, 0.717) is 10.9 Å². The maximum Gasteiger partial charge on any atom is 0.242 e. The van der Waals surface area contributed by atoms with E-state index in [4.69, 9.17) is 0 Å². The van der Waals surface area contributed by atoms with Crippen LogP contribution in [0.5, 0.6) is 0 Å². The van der Waals surface area contributed by atoms with Crippen LogP contribution in [0.4, 0.5) is 0 Å². The van der Waals surface area contributed by atoms with E-state index in [9.17, 15) is 8.42 Å². The highest BCUT2D eigenvalue weighted by Crippen LogP contribution is 2.14. The summed E-state index contributed by atoms with van der Waals surface area (Å²) in [5.41, 5.74) is 1.14. The molecule has 0 aliphatic carbocycles. The van der Waals surface area contributed by atoms with Gasteiger partial charge in [-0.1, -0.05) is 26.0 Å². The average Bonchev–Trinajstić information content (AvgIpc) is 2.29. The molecule has 1 aromatic carbocycles. The van der Waals surface area contributed by atoms with Crippen molar-refractivity contribution in [1.29, 1.82) is 0 Å². The molecule has 18 heavy (non-hydrogen) atoms. The van der Waals surface area contributed by atoms with Crippen molar-refractivity contribution in [3.63, 3.8) is 0 Å². The standard InChI is InChI=1S/C13H22N2O2S/c1-11(2)14-10-9-12-5-7-13(8-6-12)18(16,17)15(3)4/h5-8,11,14H,9-10H2,1-4H3. The normalized spacial score (nSPS) is 12.3. The number of nitrogens with one attached hydrogen (secondary N) is 1. The van der Waals surface area contributed by atoms with Crippen LogP contribution in [0.3, 0.4) is 0 Å². The molecule has 4 nitrogen and oxygen atoms in total. The second-order valence-corrected chi connectivity index (χ2v) is 6.94. The summed E-state index contributed by atoms with van der Waals surface area (Å²) in [5.74, 6) is 0. The van der Waals surface area contributed by atoms with Gasteiger partial charge in [0.2, 0.25) is 10.0 Å². The van der Waals surface area contributed by atoms with E-state index in [1.165, 1.54) is 18.4 Å². The molecule has 0 aliphatic rings. The third-order valence-corrected chi connectivity index (χ3v) is 4.50. The van der Waals surface area contributed by atoms with Crippen molar-refractivity contribution in [3.8, 4) is 0 Å². The van der Waals surface area contributed by atoms with Crippen molar-refractivity contribution in [2.45, 2.75) is 31.2 Å². The highest BCUT2D eigenvalue weighted by Gasteiger charge is 2.16. The summed E-state index contributed by atoms with van der Waals surface area (Å²) in [6.07, 6.45) is 0.903. The molecule has 0 bridgehead atoms. The fourth-order valence-electron chi connectivity index (χ4n) is 1.54. The molecule has 5 heteroatoms. The van der Waals surface area contributed by atoms with E-state index < -0.39 is 10.0 Å². The van der Waals surface area contributed by atoms with Gasteiger partial charge in [-0.05, 0) is 30.7 Å². The summed E-state index contributed by atoms with van der Waals surface area (Å²) in [4.78, 5) is 0.341. The lowest BCUT2D eigenvalue weighted by Gasteiger charge is -2.12. The molecular formula is C13H22N2O2S. The number of nitrogens with zero attached hydrogens (tertiary/aromatic N) is 1. The Balaban J connectivity index is 2.69. The van der Waals surface area contributed by atoms with E-state index >= 15 is 0 Å². The first-order valence-electron chi connectivity index (χ1n) is 6.09. The van der Waals surface area contributed by atoms with Gasteiger partial charge in [0.25, 0.3) is 0 Å². The van der Waals surface area contributed by atoms with E-state index in [-0.39, 0.29) is 0 Å². The summed E-state index contributed by atoms with van der Waals surface area (Å²) < 4.78 is 24.9. The molecule has 0 heterocycles. The first-order chi connectivity index (χ1) is 8.34. The fraction of sp³-hybridized carbons (Fsp3) is 0.538. The van der Waals surface area contributed by atoms with E-state index in [2.05, 4.69) is 19.2 Å². The number of benzene rings is 1. The zero-order valence-corrected chi connectivity index (χ0v) is 12.3. The second kappa shape index (κ2) is 6.31. The number of rotatable bonds is 6. The number of hydrogen-bond donors (Lipinski definition) is 1. The van der Waals surface area contributed by atoms with Gasteiger partial charge in [-0.3, -0.25) is 0 Å². The molecule has 0 unspecified atom stereocenters. The maximum absolute atomic E-state index is 11.9. The fourth-order valence-corrected chi connectivity index (χ4v) is 2.45. The summed E-state index contributed by atoms with van der Waals surface area (Å²) in [7, 11) is -0.235. The van der Waals surface area contributed by atoms with Crippen LogP contribution in [0.2, 0.25) is 0 Å². The second-order valence-electron chi connectivity index (χ2n) is 4.79. The maximum atomic E-state index is 11.9. The molecular weight excluding hydrogens is 248 g/mol. The average molecular weight is 270 g/mol. The van der Waals surface area contributed by atoms with Crippen LogP contribution in [-0.4, -0.2) is 39.4 Å². The first-order valence-corrected chi connectivity index (χ1v) is 7.53. The molecule has 0 amide bonds. The van der Waals surface area contributed by atoms with Crippen LogP contribution in [0.15, 0.2) is 29.2 Å². The van der Waals surface area contributed by atoms with Gasteiger partial charge in [-0.25, -0.2) is 12.7 Å². The SMILES string of the molecule is CC(C)NCCc1ccc(S(=O)(=O)N(C)C)cc1. The molecule has 1 N–H and O–H groups in total. The quantitative estimate of drug-likeness (QED) is 0.852. The molecule has 0 spiro atoms. The minimum atomic E-state index is -3.31. The highest BCUT2D eigenvalue weighted by molar-refractivity contribution is 7.89. The summed E-state index contributed by atoms with van der Waals surface area (Å²) in [6.45, 7) is 5.11. The molecule has 0 saturated carbocycles. The zero-order valence-electron chi connectivity index (χ0n) is 11.5. The molecule has 0 aromatic heterocycles. The molecule has 1 aromatic rings. The zero-order chi connectivity index (χ0) is 13.8. The molecule has 1 rings (SSSR count). The van der Waals surface area contributed by atoms with Crippen LogP contribution >= 0.6 is 0 Å². The minimum Gasteiger partial charge on any atom is -0.314 e. The van der Waals surface area contributed by atoms with Crippen LogP contribution in [0.1, 0.15) is 19.4 Å². The van der Waals surface area contributed by atoms with Gasteiger partial charge in [-0.15, -0.1) is 0 Å². The van der Waals surface area contributed by atoms with Crippen LogP contribution < -0.4 is 5.32 Å². The van der Waals surface area contributed by atoms with E-state index in [1.807, 2.05) is 12.1 Å². The van der Waals surface area contributed by atoms with Crippen LogP contribution in [0, 0.1) is 0 Å². The van der Waals surface area contributed by atoms with E-state index in [1.54, 1.807) is 12.1 Å². The predicted octanol–water partition coefficient (Wildman–Crippen LogP) is 1.48. The Bertz CT molecular complexity index is 464. The Labute approximate surface area is 110 Å². The Morgan fingerprint density at radius 3 is 2.17 bits per heavy atom. The van der Waals surface area contributed by atoms with Gasteiger partial charge in [0, 0.05) is 20.1 Å². The predicted molar refractivity (Wildman–Crippen MR) is 74.2 cm³/mol. The van der Waals surface area contributed by atoms with E-state index in [0.717, 1.165) is 18.5 Å². The molecule has 0 aliphatic heterocycles. The van der Waals surface area contributed by atoms with Crippen molar-refractivity contribution in [1.82, 2.24) is 9.62 Å². The molecule has 0 radical (unpaired) electrons. The van der Waals surface area contributed by atoms with Gasteiger partial charge >= 0.3 is 0 Å². The Morgan fingerprint density at radius 2 is 1.72 bits per heavy atom. The topological polar surface area (TPSA) is 49.4 Å². The molecule has 0 atom stereocenters. The monoisotopic (exact) mass is 270 g/mol. The smallest absolute Gasteiger partial charge is 0.242 e. The number of sulfonamides is 1. The summed E-state index contributed by atoms with van der Waals surface area (Å²) >= 11 is 0.